The van der Waals surface area contributed by atoms with Crippen LogP contribution < -0.4 is 14.8 Å². The number of ether oxygens (including phenoxy) is 2. The molecule has 0 spiro atoms. The maximum atomic E-state index is 11.7. The second-order valence-electron chi connectivity index (χ2n) is 4.49. The van der Waals surface area contributed by atoms with Crippen LogP contribution in [0.15, 0.2) is 42.5 Å². The molecule has 0 saturated carbocycles. The first-order valence-corrected chi connectivity index (χ1v) is 7.31. The molecule has 0 radical (unpaired) electrons. The molecule has 2 aromatic carbocycles. The standard InChI is InChI=1S/C16H15Cl2NO3/c1-21-15-7-2-11(8-14(15)18)9-19-16(20)10-22-13-5-3-12(17)4-6-13/h2-8H,9-10H2,1H3,(H,19,20). The molecule has 6 heteroatoms. The van der Waals surface area contributed by atoms with Crippen LogP contribution in [0.25, 0.3) is 0 Å². The highest BCUT2D eigenvalue weighted by atomic mass is 35.5. The first-order chi connectivity index (χ1) is 10.6. The molecule has 22 heavy (non-hydrogen) atoms. The minimum Gasteiger partial charge on any atom is -0.495 e. The van der Waals surface area contributed by atoms with Crippen LogP contribution in [0, 0.1) is 0 Å². The smallest absolute Gasteiger partial charge is 0.258 e. The van der Waals surface area contributed by atoms with Crippen molar-refractivity contribution in [2.75, 3.05) is 13.7 Å². The van der Waals surface area contributed by atoms with E-state index in [-0.39, 0.29) is 12.5 Å². The minimum absolute atomic E-state index is 0.0640. The molecule has 4 nitrogen and oxygen atoms in total. The van der Waals surface area contributed by atoms with Crippen LogP contribution in [-0.4, -0.2) is 19.6 Å². The van der Waals surface area contributed by atoms with Crippen molar-refractivity contribution in [3.05, 3.63) is 58.1 Å². The van der Waals surface area contributed by atoms with Crippen LogP contribution in [0.2, 0.25) is 10.0 Å². The number of rotatable bonds is 6. The molecule has 0 heterocycles. The molecular formula is C16H15Cl2NO3. The Balaban J connectivity index is 1.80. The molecule has 0 atom stereocenters. The van der Waals surface area contributed by atoms with Gasteiger partial charge in [0.05, 0.1) is 12.1 Å². The summed E-state index contributed by atoms with van der Waals surface area (Å²) in [6, 6.07) is 12.2. The predicted molar refractivity (Wildman–Crippen MR) is 86.8 cm³/mol. The van der Waals surface area contributed by atoms with Gasteiger partial charge in [-0.3, -0.25) is 4.79 Å². The maximum absolute atomic E-state index is 11.7. The lowest BCUT2D eigenvalue weighted by Gasteiger charge is -2.09. The number of hydrogen-bond acceptors (Lipinski definition) is 3. The lowest BCUT2D eigenvalue weighted by atomic mass is 10.2. The summed E-state index contributed by atoms with van der Waals surface area (Å²) in [5.41, 5.74) is 0.880. The van der Waals surface area contributed by atoms with E-state index in [9.17, 15) is 4.79 Å². The predicted octanol–water partition coefficient (Wildman–Crippen LogP) is 3.70. The molecule has 1 N–H and O–H groups in total. The van der Waals surface area contributed by atoms with E-state index in [2.05, 4.69) is 5.32 Å². The Hall–Kier alpha value is -1.91. The van der Waals surface area contributed by atoms with Gasteiger partial charge in [-0.15, -0.1) is 0 Å². The summed E-state index contributed by atoms with van der Waals surface area (Å²) in [4.78, 5) is 11.7. The van der Waals surface area contributed by atoms with Gasteiger partial charge in [0.1, 0.15) is 11.5 Å². The highest BCUT2D eigenvalue weighted by molar-refractivity contribution is 6.32. The van der Waals surface area contributed by atoms with Crippen molar-refractivity contribution in [3.8, 4) is 11.5 Å². The number of halogens is 2. The maximum Gasteiger partial charge on any atom is 0.258 e. The molecule has 0 aliphatic rings. The Morgan fingerprint density at radius 2 is 1.86 bits per heavy atom. The van der Waals surface area contributed by atoms with Crippen LogP contribution in [0.4, 0.5) is 0 Å². The third-order valence-electron chi connectivity index (χ3n) is 2.89. The molecule has 1 amide bonds. The third kappa shape index (κ3) is 4.83. The summed E-state index contributed by atoms with van der Waals surface area (Å²) in [7, 11) is 1.55. The van der Waals surface area contributed by atoms with Crippen molar-refractivity contribution in [1.29, 1.82) is 0 Å². The molecule has 2 rings (SSSR count). The summed E-state index contributed by atoms with van der Waals surface area (Å²) >= 11 is 11.8. The quantitative estimate of drug-likeness (QED) is 0.872. The van der Waals surface area contributed by atoms with Gasteiger partial charge in [0.2, 0.25) is 0 Å². The van der Waals surface area contributed by atoms with Gasteiger partial charge < -0.3 is 14.8 Å². The van der Waals surface area contributed by atoms with Crippen LogP contribution >= 0.6 is 23.2 Å². The molecule has 0 aromatic heterocycles. The lowest BCUT2D eigenvalue weighted by molar-refractivity contribution is -0.123. The molecule has 0 saturated heterocycles. The summed E-state index contributed by atoms with van der Waals surface area (Å²) in [5.74, 6) is 0.969. The Morgan fingerprint density at radius 3 is 2.50 bits per heavy atom. The average molecular weight is 340 g/mol. The molecule has 0 bridgehead atoms. The molecule has 116 valence electrons. The van der Waals surface area contributed by atoms with E-state index in [4.69, 9.17) is 32.7 Å². The summed E-state index contributed by atoms with van der Waals surface area (Å²) in [6.45, 7) is 0.304. The first-order valence-electron chi connectivity index (χ1n) is 6.56. The normalized spacial score (nSPS) is 10.1. The van der Waals surface area contributed by atoms with Crippen LogP contribution in [0.3, 0.4) is 0 Å². The van der Waals surface area contributed by atoms with Gasteiger partial charge in [-0.2, -0.15) is 0 Å². The zero-order valence-corrected chi connectivity index (χ0v) is 13.4. The van der Waals surface area contributed by atoms with Crippen molar-refractivity contribution in [2.24, 2.45) is 0 Å². The van der Waals surface area contributed by atoms with Gasteiger partial charge >= 0.3 is 0 Å². The van der Waals surface area contributed by atoms with Gasteiger partial charge in [-0.05, 0) is 42.0 Å². The fourth-order valence-electron chi connectivity index (χ4n) is 1.75. The highest BCUT2D eigenvalue weighted by Gasteiger charge is 2.05. The largest absolute Gasteiger partial charge is 0.495 e. The molecule has 2 aromatic rings. The van der Waals surface area contributed by atoms with Crippen molar-refractivity contribution in [3.63, 3.8) is 0 Å². The van der Waals surface area contributed by atoms with Crippen molar-refractivity contribution in [1.82, 2.24) is 5.32 Å². The Morgan fingerprint density at radius 1 is 1.14 bits per heavy atom. The van der Waals surface area contributed by atoms with Crippen LogP contribution in [0.1, 0.15) is 5.56 Å². The van der Waals surface area contributed by atoms with E-state index >= 15 is 0 Å². The highest BCUT2D eigenvalue weighted by Crippen LogP contribution is 2.24. The molecule has 0 aliphatic carbocycles. The summed E-state index contributed by atoms with van der Waals surface area (Å²) in [6.07, 6.45) is 0. The van der Waals surface area contributed by atoms with E-state index in [0.717, 1.165) is 5.56 Å². The van der Waals surface area contributed by atoms with E-state index in [1.165, 1.54) is 0 Å². The summed E-state index contributed by atoms with van der Waals surface area (Å²) in [5, 5.41) is 3.88. The number of benzene rings is 2. The third-order valence-corrected chi connectivity index (χ3v) is 3.44. The number of amides is 1. The zero-order valence-electron chi connectivity index (χ0n) is 11.9. The van der Waals surface area contributed by atoms with Crippen molar-refractivity contribution >= 4 is 29.1 Å². The monoisotopic (exact) mass is 339 g/mol. The SMILES string of the molecule is COc1ccc(CNC(=O)COc2ccc(Cl)cc2)cc1Cl. The van der Waals surface area contributed by atoms with Gasteiger partial charge in [-0.25, -0.2) is 0 Å². The average Bonchev–Trinajstić information content (AvgIpc) is 2.52. The molecule has 0 aliphatic heterocycles. The molecule has 0 fully saturated rings. The van der Waals surface area contributed by atoms with Gasteiger partial charge in [0, 0.05) is 11.6 Å². The number of nitrogens with one attached hydrogen (secondary N) is 1. The number of hydrogen-bond donors (Lipinski definition) is 1. The zero-order chi connectivity index (χ0) is 15.9. The Kier molecular flexibility index (Phi) is 5.92. The second kappa shape index (κ2) is 7.92. The van der Waals surface area contributed by atoms with Crippen molar-refractivity contribution in [2.45, 2.75) is 6.54 Å². The second-order valence-corrected chi connectivity index (χ2v) is 5.33. The van der Waals surface area contributed by atoms with Crippen molar-refractivity contribution < 1.29 is 14.3 Å². The van der Waals surface area contributed by atoms with Gasteiger partial charge in [0.15, 0.2) is 6.61 Å². The van der Waals surface area contributed by atoms with E-state index in [1.54, 1.807) is 43.5 Å². The summed E-state index contributed by atoms with van der Waals surface area (Å²) < 4.78 is 10.4. The minimum atomic E-state index is -0.220. The molecule has 0 unspecified atom stereocenters. The molecular weight excluding hydrogens is 325 g/mol. The number of carbonyl (C=O) groups is 1. The fraction of sp³-hybridized carbons (Fsp3) is 0.188. The van der Waals surface area contributed by atoms with E-state index < -0.39 is 0 Å². The number of methoxy groups -OCH3 is 1. The Bertz CT molecular complexity index is 644. The topological polar surface area (TPSA) is 47.6 Å². The fourth-order valence-corrected chi connectivity index (χ4v) is 2.16. The Labute approximate surface area is 138 Å². The van der Waals surface area contributed by atoms with E-state index in [1.807, 2.05) is 6.07 Å². The number of carbonyl (C=O) groups excluding carboxylic acids is 1. The van der Waals surface area contributed by atoms with E-state index in [0.29, 0.717) is 28.1 Å². The van der Waals surface area contributed by atoms with Crippen LogP contribution in [0.5, 0.6) is 11.5 Å². The van der Waals surface area contributed by atoms with Crippen LogP contribution in [-0.2, 0) is 11.3 Å². The first kappa shape index (κ1) is 16.5. The van der Waals surface area contributed by atoms with Gasteiger partial charge in [-0.1, -0.05) is 29.3 Å². The lowest BCUT2D eigenvalue weighted by Crippen LogP contribution is -2.28. The van der Waals surface area contributed by atoms with Gasteiger partial charge in [0.25, 0.3) is 5.91 Å².